The zero-order chi connectivity index (χ0) is 13.2. The van der Waals surface area contributed by atoms with Crippen LogP contribution in [0.25, 0.3) is 0 Å². The molecule has 3 nitrogen and oxygen atoms in total. The molecule has 0 bridgehead atoms. The maximum Gasteiger partial charge on any atom is 0.129 e. The fraction of sp³-hybridized carbons (Fsp3) is 0.375. The van der Waals surface area contributed by atoms with Gasteiger partial charge in [-0.15, -0.1) is 0 Å². The quantitative estimate of drug-likeness (QED) is 0.916. The maximum atomic E-state index is 6.35. The summed E-state index contributed by atoms with van der Waals surface area (Å²) in [5, 5.41) is 0. The van der Waals surface area contributed by atoms with Crippen LogP contribution in [0.15, 0.2) is 40.8 Å². The van der Waals surface area contributed by atoms with E-state index in [9.17, 15) is 0 Å². The summed E-state index contributed by atoms with van der Waals surface area (Å²) in [7, 11) is 1.66. The van der Waals surface area contributed by atoms with Gasteiger partial charge in [0.25, 0.3) is 0 Å². The Kier molecular flexibility index (Phi) is 3.40. The summed E-state index contributed by atoms with van der Waals surface area (Å²) in [4.78, 5) is 0. The summed E-state index contributed by atoms with van der Waals surface area (Å²) in [6.45, 7) is 0.498. The third kappa shape index (κ3) is 2.44. The smallest absolute Gasteiger partial charge is 0.129 e. The van der Waals surface area contributed by atoms with E-state index in [0.717, 1.165) is 24.4 Å². The summed E-state index contributed by atoms with van der Waals surface area (Å²) in [6.07, 6.45) is 2.08. The Labute approximate surface area is 113 Å². The Hall–Kier alpha value is -1.58. The van der Waals surface area contributed by atoms with Crippen LogP contribution in [0, 0.1) is 5.92 Å². The summed E-state index contributed by atoms with van der Waals surface area (Å²) < 4.78 is 10.8. The van der Waals surface area contributed by atoms with E-state index >= 15 is 0 Å². The van der Waals surface area contributed by atoms with Crippen molar-refractivity contribution in [2.75, 3.05) is 7.11 Å². The molecule has 0 radical (unpaired) electrons. The Bertz CT molecular complexity index is 536. The Morgan fingerprint density at radius 2 is 1.89 bits per heavy atom. The van der Waals surface area contributed by atoms with Crippen molar-refractivity contribution in [3.63, 3.8) is 0 Å². The van der Waals surface area contributed by atoms with Crippen molar-refractivity contribution in [3.8, 4) is 0 Å². The van der Waals surface area contributed by atoms with E-state index in [-0.39, 0.29) is 6.04 Å². The van der Waals surface area contributed by atoms with E-state index in [2.05, 4.69) is 24.3 Å². The normalized spacial score (nSPS) is 16.5. The molecule has 1 heterocycles. The van der Waals surface area contributed by atoms with Crippen LogP contribution in [-0.4, -0.2) is 7.11 Å². The van der Waals surface area contributed by atoms with E-state index in [4.69, 9.17) is 14.9 Å². The first-order valence-electron chi connectivity index (χ1n) is 6.68. The lowest BCUT2D eigenvalue weighted by Gasteiger charge is -2.16. The number of benzene rings is 1. The molecule has 0 spiro atoms. The zero-order valence-corrected chi connectivity index (χ0v) is 11.1. The van der Waals surface area contributed by atoms with Crippen molar-refractivity contribution >= 4 is 0 Å². The second kappa shape index (κ2) is 5.19. The van der Waals surface area contributed by atoms with Gasteiger partial charge in [-0.1, -0.05) is 24.3 Å². The first-order chi connectivity index (χ1) is 9.28. The molecular weight excluding hydrogens is 238 g/mol. The number of ether oxygens (including phenoxy) is 1. The van der Waals surface area contributed by atoms with E-state index in [1.807, 2.05) is 12.1 Å². The van der Waals surface area contributed by atoms with Crippen molar-refractivity contribution < 1.29 is 9.15 Å². The van der Waals surface area contributed by atoms with Gasteiger partial charge in [-0.05, 0) is 42.0 Å². The topological polar surface area (TPSA) is 48.4 Å². The highest BCUT2D eigenvalue weighted by Crippen LogP contribution is 2.34. The number of methoxy groups -OCH3 is 1. The zero-order valence-electron chi connectivity index (χ0n) is 11.1. The number of furan rings is 1. The number of nitrogens with two attached hydrogens (primary N) is 1. The summed E-state index contributed by atoms with van der Waals surface area (Å²) in [5.74, 6) is 2.13. The van der Waals surface area contributed by atoms with E-state index in [0.29, 0.717) is 12.5 Å². The molecule has 0 saturated heterocycles. The van der Waals surface area contributed by atoms with E-state index in [1.165, 1.54) is 11.1 Å². The van der Waals surface area contributed by atoms with Gasteiger partial charge in [-0.2, -0.15) is 0 Å². The van der Waals surface area contributed by atoms with Gasteiger partial charge in [-0.3, -0.25) is 0 Å². The first kappa shape index (κ1) is 12.5. The molecule has 0 saturated carbocycles. The number of hydrogen-bond acceptors (Lipinski definition) is 3. The van der Waals surface area contributed by atoms with Crippen LogP contribution in [-0.2, 0) is 24.2 Å². The minimum atomic E-state index is -0.0435. The minimum Gasteiger partial charge on any atom is -0.462 e. The summed E-state index contributed by atoms with van der Waals surface area (Å²) >= 11 is 0. The highest BCUT2D eigenvalue weighted by Gasteiger charge is 2.28. The van der Waals surface area contributed by atoms with Gasteiger partial charge in [-0.25, -0.2) is 0 Å². The van der Waals surface area contributed by atoms with Crippen LogP contribution in [0.1, 0.15) is 28.7 Å². The molecule has 1 aromatic carbocycles. The predicted molar refractivity (Wildman–Crippen MR) is 73.7 cm³/mol. The molecular formula is C16H19NO2. The first-order valence-corrected chi connectivity index (χ1v) is 6.68. The average Bonchev–Trinajstić information content (AvgIpc) is 3.04. The minimum absolute atomic E-state index is 0.0435. The highest BCUT2D eigenvalue weighted by atomic mass is 16.5. The van der Waals surface area contributed by atoms with Crippen molar-refractivity contribution in [1.29, 1.82) is 0 Å². The van der Waals surface area contributed by atoms with Crippen LogP contribution in [0.3, 0.4) is 0 Å². The van der Waals surface area contributed by atoms with Crippen LogP contribution < -0.4 is 5.73 Å². The number of fused-ring (bicyclic) bond motifs is 1. The molecule has 1 unspecified atom stereocenters. The molecule has 3 heteroatoms. The maximum absolute atomic E-state index is 6.35. The SMILES string of the molecule is COCc1ccc(C(N)C2Cc3ccccc3C2)o1. The van der Waals surface area contributed by atoms with Gasteiger partial charge in [0, 0.05) is 7.11 Å². The molecule has 0 amide bonds. The molecule has 2 aromatic rings. The highest BCUT2D eigenvalue weighted by molar-refractivity contribution is 5.33. The second-order valence-corrected chi connectivity index (χ2v) is 5.20. The van der Waals surface area contributed by atoms with Gasteiger partial charge < -0.3 is 14.9 Å². The molecule has 19 heavy (non-hydrogen) atoms. The Morgan fingerprint density at radius 1 is 1.21 bits per heavy atom. The van der Waals surface area contributed by atoms with Crippen LogP contribution >= 0.6 is 0 Å². The average molecular weight is 257 g/mol. The van der Waals surface area contributed by atoms with E-state index in [1.54, 1.807) is 7.11 Å². The molecule has 0 aliphatic heterocycles. The van der Waals surface area contributed by atoms with Crippen molar-refractivity contribution in [3.05, 3.63) is 59.0 Å². The lowest BCUT2D eigenvalue weighted by atomic mass is 9.95. The van der Waals surface area contributed by atoms with Crippen LogP contribution in [0.5, 0.6) is 0 Å². The Morgan fingerprint density at radius 3 is 2.53 bits per heavy atom. The molecule has 0 fully saturated rings. The molecule has 3 rings (SSSR count). The monoisotopic (exact) mass is 257 g/mol. The Balaban J connectivity index is 1.73. The molecule has 1 aliphatic carbocycles. The number of rotatable bonds is 4. The van der Waals surface area contributed by atoms with Gasteiger partial charge in [0.1, 0.15) is 18.1 Å². The molecule has 2 N–H and O–H groups in total. The van der Waals surface area contributed by atoms with E-state index < -0.39 is 0 Å². The second-order valence-electron chi connectivity index (χ2n) is 5.20. The lowest BCUT2D eigenvalue weighted by molar-refractivity contribution is 0.161. The summed E-state index contributed by atoms with van der Waals surface area (Å²) in [5.41, 5.74) is 9.20. The third-order valence-electron chi connectivity index (χ3n) is 3.89. The fourth-order valence-electron chi connectivity index (χ4n) is 2.87. The standard InChI is InChI=1S/C16H19NO2/c1-18-10-14-6-7-15(19-14)16(17)13-8-11-4-2-3-5-12(11)9-13/h2-7,13,16H,8-10,17H2,1H3. The van der Waals surface area contributed by atoms with Crippen LogP contribution in [0.4, 0.5) is 0 Å². The fourth-order valence-corrected chi connectivity index (χ4v) is 2.87. The molecule has 100 valence electrons. The van der Waals surface area contributed by atoms with Crippen molar-refractivity contribution in [2.45, 2.75) is 25.5 Å². The van der Waals surface area contributed by atoms with Gasteiger partial charge in [0.05, 0.1) is 6.04 Å². The lowest BCUT2D eigenvalue weighted by Crippen LogP contribution is -2.21. The van der Waals surface area contributed by atoms with Gasteiger partial charge in [0.15, 0.2) is 0 Å². The molecule has 1 aliphatic rings. The molecule has 1 aromatic heterocycles. The predicted octanol–water partition coefficient (Wildman–Crippen LogP) is 2.84. The third-order valence-corrected chi connectivity index (χ3v) is 3.89. The number of hydrogen-bond donors (Lipinski definition) is 1. The molecule has 1 atom stereocenters. The van der Waals surface area contributed by atoms with Gasteiger partial charge in [0.2, 0.25) is 0 Å². The van der Waals surface area contributed by atoms with Crippen molar-refractivity contribution in [2.24, 2.45) is 11.7 Å². The van der Waals surface area contributed by atoms with Crippen molar-refractivity contribution in [1.82, 2.24) is 0 Å². The summed E-state index contributed by atoms with van der Waals surface area (Å²) in [6, 6.07) is 12.5. The van der Waals surface area contributed by atoms with Gasteiger partial charge >= 0.3 is 0 Å². The largest absolute Gasteiger partial charge is 0.462 e. The van der Waals surface area contributed by atoms with Crippen LogP contribution in [0.2, 0.25) is 0 Å².